The molecule has 2 aliphatic rings. The van der Waals surface area contributed by atoms with Gasteiger partial charge in [0.05, 0.1) is 18.9 Å². The summed E-state index contributed by atoms with van der Waals surface area (Å²) in [4.78, 5) is 30.5. The van der Waals surface area contributed by atoms with E-state index in [1.807, 2.05) is 45.0 Å². The lowest BCUT2D eigenvalue weighted by atomic mass is 10.2. The van der Waals surface area contributed by atoms with Crippen molar-refractivity contribution in [3.8, 4) is 0 Å². The number of imide groups is 1. The maximum Gasteiger partial charge on any atom is 0.333 e. The Morgan fingerprint density at radius 2 is 1.62 bits per heavy atom. The molecule has 6 nitrogen and oxygen atoms in total. The van der Waals surface area contributed by atoms with Crippen molar-refractivity contribution in [2.75, 3.05) is 24.7 Å². The standard InChI is InChI=1S/C18H25N3O3/c1-12-5-7-16(8-6-12)21-15(4)17(22)20(18(21)23)11-19-9-13(2)24-14(3)10-19/h5-8,13-15H,9-11H2,1-4H3/t13-,14-,15-/m0/s1. The van der Waals surface area contributed by atoms with Crippen molar-refractivity contribution < 1.29 is 14.3 Å². The van der Waals surface area contributed by atoms with E-state index in [9.17, 15) is 9.59 Å². The minimum absolute atomic E-state index is 0.104. The number of hydrogen-bond donors (Lipinski definition) is 0. The van der Waals surface area contributed by atoms with Crippen molar-refractivity contribution in [3.63, 3.8) is 0 Å². The first-order valence-corrected chi connectivity index (χ1v) is 8.46. The van der Waals surface area contributed by atoms with E-state index < -0.39 is 6.04 Å². The molecule has 3 amide bonds. The molecule has 2 fully saturated rings. The Morgan fingerprint density at radius 3 is 2.21 bits per heavy atom. The Labute approximate surface area is 143 Å². The van der Waals surface area contributed by atoms with E-state index in [1.165, 1.54) is 4.90 Å². The third kappa shape index (κ3) is 3.16. The molecule has 0 saturated carbocycles. The highest BCUT2D eigenvalue weighted by Gasteiger charge is 2.44. The molecule has 1 aromatic carbocycles. The number of carbonyl (C=O) groups excluding carboxylic acids is 2. The predicted octanol–water partition coefficient (Wildman–Crippen LogP) is 2.22. The zero-order valence-corrected chi connectivity index (χ0v) is 14.7. The number of morpholine rings is 1. The van der Waals surface area contributed by atoms with Gasteiger partial charge in [0.15, 0.2) is 0 Å². The molecular formula is C18H25N3O3. The zero-order valence-electron chi connectivity index (χ0n) is 14.7. The zero-order chi connectivity index (χ0) is 17.4. The van der Waals surface area contributed by atoms with Crippen LogP contribution in [0.1, 0.15) is 26.3 Å². The third-order valence-corrected chi connectivity index (χ3v) is 4.60. The Morgan fingerprint density at radius 1 is 1.04 bits per heavy atom. The van der Waals surface area contributed by atoms with Gasteiger partial charge in [-0.25, -0.2) is 9.69 Å². The smallest absolute Gasteiger partial charge is 0.333 e. The molecule has 0 spiro atoms. The predicted molar refractivity (Wildman–Crippen MR) is 91.8 cm³/mol. The number of rotatable bonds is 3. The highest BCUT2D eigenvalue weighted by Crippen LogP contribution is 2.26. The van der Waals surface area contributed by atoms with Gasteiger partial charge in [0.2, 0.25) is 0 Å². The number of carbonyl (C=O) groups is 2. The van der Waals surface area contributed by atoms with Crippen molar-refractivity contribution in [2.24, 2.45) is 0 Å². The molecule has 2 aliphatic heterocycles. The average Bonchev–Trinajstić information content (AvgIpc) is 2.71. The van der Waals surface area contributed by atoms with Gasteiger partial charge in [0.1, 0.15) is 6.04 Å². The van der Waals surface area contributed by atoms with Crippen molar-refractivity contribution in [1.82, 2.24) is 9.80 Å². The molecule has 3 atom stereocenters. The van der Waals surface area contributed by atoms with Gasteiger partial charge < -0.3 is 4.74 Å². The van der Waals surface area contributed by atoms with Crippen molar-refractivity contribution in [3.05, 3.63) is 29.8 Å². The van der Waals surface area contributed by atoms with Crippen LogP contribution in [0.25, 0.3) is 0 Å². The first-order valence-electron chi connectivity index (χ1n) is 8.46. The summed E-state index contributed by atoms with van der Waals surface area (Å²) in [6.45, 7) is 9.57. The monoisotopic (exact) mass is 331 g/mol. The van der Waals surface area contributed by atoms with Gasteiger partial charge in [-0.15, -0.1) is 0 Å². The van der Waals surface area contributed by atoms with E-state index in [4.69, 9.17) is 4.74 Å². The highest BCUT2D eigenvalue weighted by atomic mass is 16.5. The van der Waals surface area contributed by atoms with Gasteiger partial charge in [0.25, 0.3) is 5.91 Å². The fourth-order valence-corrected chi connectivity index (χ4v) is 3.50. The molecule has 0 unspecified atom stereocenters. The summed E-state index contributed by atoms with van der Waals surface area (Å²) in [6.07, 6.45) is 0.208. The summed E-state index contributed by atoms with van der Waals surface area (Å²) in [7, 11) is 0. The van der Waals surface area contributed by atoms with Gasteiger partial charge in [0, 0.05) is 18.8 Å². The lowest BCUT2D eigenvalue weighted by Crippen LogP contribution is -2.51. The van der Waals surface area contributed by atoms with Crippen LogP contribution in [0, 0.1) is 6.92 Å². The van der Waals surface area contributed by atoms with Crippen molar-refractivity contribution in [2.45, 2.75) is 45.9 Å². The van der Waals surface area contributed by atoms with Crippen LogP contribution < -0.4 is 4.90 Å². The lowest BCUT2D eigenvalue weighted by Gasteiger charge is -2.36. The minimum atomic E-state index is -0.476. The van der Waals surface area contributed by atoms with Gasteiger partial charge in [-0.05, 0) is 39.8 Å². The van der Waals surface area contributed by atoms with Crippen LogP contribution in [0.4, 0.5) is 10.5 Å². The largest absolute Gasteiger partial charge is 0.373 e. The topological polar surface area (TPSA) is 53.1 Å². The first-order chi connectivity index (χ1) is 11.4. The molecule has 0 radical (unpaired) electrons. The van der Waals surface area contributed by atoms with Crippen LogP contribution in [-0.4, -0.2) is 59.7 Å². The first kappa shape index (κ1) is 16.9. The van der Waals surface area contributed by atoms with Crippen LogP contribution in [0.5, 0.6) is 0 Å². The van der Waals surface area contributed by atoms with E-state index in [2.05, 4.69) is 4.90 Å². The summed E-state index contributed by atoms with van der Waals surface area (Å²) < 4.78 is 5.72. The molecule has 2 heterocycles. The molecule has 1 aromatic rings. The summed E-state index contributed by atoms with van der Waals surface area (Å²) >= 11 is 0. The van der Waals surface area contributed by atoms with E-state index in [1.54, 1.807) is 11.8 Å². The Bertz CT molecular complexity index is 621. The molecule has 130 valence electrons. The number of benzene rings is 1. The number of anilines is 1. The molecule has 0 bridgehead atoms. The maximum absolute atomic E-state index is 12.8. The second-order valence-electron chi connectivity index (χ2n) is 6.87. The van der Waals surface area contributed by atoms with Gasteiger partial charge in [-0.2, -0.15) is 0 Å². The number of aryl methyl sites for hydroxylation is 1. The molecule has 6 heteroatoms. The van der Waals surface area contributed by atoms with Crippen LogP contribution in [0.2, 0.25) is 0 Å². The van der Waals surface area contributed by atoms with Crippen LogP contribution in [0.15, 0.2) is 24.3 Å². The highest BCUT2D eigenvalue weighted by molar-refractivity contribution is 6.14. The van der Waals surface area contributed by atoms with E-state index in [-0.39, 0.29) is 24.1 Å². The fraction of sp³-hybridized carbons (Fsp3) is 0.556. The number of amides is 3. The molecule has 2 saturated heterocycles. The Kier molecular flexibility index (Phi) is 4.60. The van der Waals surface area contributed by atoms with Gasteiger partial charge in [-0.1, -0.05) is 17.7 Å². The van der Waals surface area contributed by atoms with Crippen molar-refractivity contribution >= 4 is 17.6 Å². The van der Waals surface area contributed by atoms with E-state index in [0.717, 1.165) is 24.3 Å². The quantitative estimate of drug-likeness (QED) is 0.797. The summed E-state index contributed by atoms with van der Waals surface area (Å²) in [5.41, 5.74) is 1.88. The number of hydrogen-bond acceptors (Lipinski definition) is 4. The summed E-state index contributed by atoms with van der Waals surface area (Å²) in [6, 6.07) is 6.96. The summed E-state index contributed by atoms with van der Waals surface area (Å²) in [5, 5.41) is 0. The normalized spacial score (nSPS) is 28.8. The summed E-state index contributed by atoms with van der Waals surface area (Å²) in [5.74, 6) is -0.146. The minimum Gasteiger partial charge on any atom is -0.373 e. The molecule has 0 N–H and O–H groups in total. The maximum atomic E-state index is 12.8. The van der Waals surface area contributed by atoms with E-state index >= 15 is 0 Å². The number of urea groups is 1. The second kappa shape index (κ2) is 6.53. The van der Waals surface area contributed by atoms with Crippen molar-refractivity contribution in [1.29, 1.82) is 0 Å². The van der Waals surface area contributed by atoms with Crippen LogP contribution in [0.3, 0.4) is 0 Å². The second-order valence-corrected chi connectivity index (χ2v) is 6.87. The molecule has 0 aromatic heterocycles. The SMILES string of the molecule is Cc1ccc(N2C(=O)N(CN3C[C@H](C)O[C@@H](C)C3)C(=O)[C@@H]2C)cc1. The van der Waals surface area contributed by atoms with Gasteiger partial charge in [-0.3, -0.25) is 14.6 Å². The molecule has 24 heavy (non-hydrogen) atoms. The Hall–Kier alpha value is -1.92. The molecule has 0 aliphatic carbocycles. The van der Waals surface area contributed by atoms with E-state index in [0.29, 0.717) is 6.67 Å². The van der Waals surface area contributed by atoms with Crippen LogP contribution >= 0.6 is 0 Å². The molecule has 3 rings (SSSR count). The average molecular weight is 331 g/mol. The molecular weight excluding hydrogens is 306 g/mol. The Balaban J connectivity index is 1.76. The third-order valence-electron chi connectivity index (χ3n) is 4.60. The lowest BCUT2D eigenvalue weighted by molar-refractivity contribution is -0.131. The van der Waals surface area contributed by atoms with Gasteiger partial charge >= 0.3 is 6.03 Å². The number of ether oxygens (including phenoxy) is 1. The van der Waals surface area contributed by atoms with Crippen LogP contribution in [-0.2, 0) is 9.53 Å². The number of nitrogens with zero attached hydrogens (tertiary/aromatic N) is 3. The fourth-order valence-electron chi connectivity index (χ4n) is 3.50.